The predicted octanol–water partition coefficient (Wildman–Crippen LogP) is 0.0164. The van der Waals surface area contributed by atoms with Crippen LogP contribution in [0.15, 0.2) is 0 Å². The van der Waals surface area contributed by atoms with Crippen LogP contribution in [0.3, 0.4) is 0 Å². The van der Waals surface area contributed by atoms with Crippen molar-refractivity contribution in [2.75, 3.05) is 14.2 Å². The number of hydrogen-bond donors (Lipinski definition) is 0. The zero-order chi connectivity index (χ0) is 5.70. The Hall–Kier alpha value is 0.0499. The van der Waals surface area contributed by atoms with Gasteiger partial charge < -0.3 is 9.31 Å². The molecule has 1 radical (unpaired) electrons. The van der Waals surface area contributed by atoms with Crippen LogP contribution in [0.4, 0.5) is 0 Å². The van der Waals surface area contributed by atoms with Crippen LogP contribution in [-0.4, -0.2) is 28.4 Å². The van der Waals surface area contributed by atoms with Crippen molar-refractivity contribution in [2.45, 2.75) is 6.82 Å². The summed E-state index contributed by atoms with van der Waals surface area (Å²) >= 11 is 0. The first-order chi connectivity index (χ1) is 3.35. The molecule has 0 atom stereocenters. The largest absolute Gasteiger partial charge is 0.421 e. The van der Waals surface area contributed by atoms with E-state index in [4.69, 9.17) is 9.31 Å². The summed E-state index contributed by atoms with van der Waals surface area (Å²) in [7, 11) is 4.91. The van der Waals surface area contributed by atoms with E-state index in [9.17, 15) is 0 Å². The Bertz CT molecular complexity index is 32.4. The van der Waals surface area contributed by atoms with E-state index in [0.717, 1.165) is 0 Å². The summed E-state index contributed by atoms with van der Waals surface area (Å²) in [6.07, 6.45) is 0. The van der Waals surface area contributed by atoms with E-state index in [2.05, 4.69) is 0 Å². The van der Waals surface area contributed by atoms with E-state index in [-0.39, 0.29) is 7.01 Å². The lowest BCUT2D eigenvalue weighted by Gasteiger charge is -2.02. The van der Waals surface area contributed by atoms with Crippen LogP contribution in [0.2, 0.25) is 6.82 Å². The molecule has 0 saturated heterocycles. The first-order valence-corrected chi connectivity index (χ1v) is 2.20. The van der Waals surface area contributed by atoms with Crippen LogP contribution in [0.25, 0.3) is 0 Å². The number of rotatable bonds is 3. The van der Waals surface area contributed by atoms with Gasteiger partial charge in [0.15, 0.2) is 7.17 Å². The first kappa shape index (κ1) is 7.05. The Kier molecular flexibility index (Phi) is 4.25. The summed E-state index contributed by atoms with van der Waals surface area (Å²) in [5.74, 6) is 0. The van der Waals surface area contributed by atoms with Crippen molar-refractivity contribution in [2.24, 2.45) is 0 Å². The van der Waals surface area contributed by atoms with Crippen molar-refractivity contribution in [1.82, 2.24) is 0 Å². The second-order valence-corrected chi connectivity index (χ2v) is 1.17. The molecule has 7 heavy (non-hydrogen) atoms. The minimum absolute atomic E-state index is 0.139. The molecule has 0 amide bonds. The molecular formula is C3H9B2O2. The van der Waals surface area contributed by atoms with Crippen molar-refractivity contribution in [3.05, 3.63) is 0 Å². The van der Waals surface area contributed by atoms with E-state index in [1.807, 2.05) is 14.0 Å². The van der Waals surface area contributed by atoms with Crippen LogP contribution < -0.4 is 0 Å². The molecule has 0 unspecified atom stereocenters. The molecule has 0 aromatic rings. The van der Waals surface area contributed by atoms with Crippen molar-refractivity contribution in [1.29, 1.82) is 0 Å². The third-order valence-corrected chi connectivity index (χ3v) is 0.737. The van der Waals surface area contributed by atoms with E-state index in [1.165, 1.54) is 0 Å². The molecule has 2 nitrogen and oxygen atoms in total. The molecule has 0 aromatic carbocycles. The molecule has 0 aliphatic carbocycles. The molecule has 0 aliphatic heterocycles. The van der Waals surface area contributed by atoms with Crippen molar-refractivity contribution >= 4 is 14.2 Å². The number of hydrogen-bond acceptors (Lipinski definition) is 2. The van der Waals surface area contributed by atoms with Gasteiger partial charge in [-0.2, -0.15) is 0 Å². The van der Waals surface area contributed by atoms with E-state index < -0.39 is 0 Å². The normalized spacial score (nSPS) is 8.43. The predicted molar refractivity (Wildman–Crippen MR) is 31.4 cm³/mol. The Morgan fingerprint density at radius 1 is 1.29 bits per heavy atom. The maximum absolute atomic E-state index is 4.77. The first-order valence-electron chi connectivity index (χ1n) is 2.20. The molecular weight excluding hydrogens is 89.7 g/mol. The lowest BCUT2D eigenvalue weighted by Crippen LogP contribution is -2.25. The SMILES string of the molecule is C[B]B(OC)OC. The second kappa shape index (κ2) is 4.22. The summed E-state index contributed by atoms with van der Waals surface area (Å²) in [6.45, 7) is 1.89. The summed E-state index contributed by atoms with van der Waals surface area (Å²) in [4.78, 5) is 0. The Morgan fingerprint density at radius 3 is 1.71 bits per heavy atom. The lowest BCUT2D eigenvalue weighted by atomic mass is 9.45. The van der Waals surface area contributed by atoms with Gasteiger partial charge in [0.1, 0.15) is 0 Å². The van der Waals surface area contributed by atoms with Gasteiger partial charge in [-0.05, 0) is 0 Å². The quantitative estimate of drug-likeness (QED) is 0.464. The third-order valence-electron chi connectivity index (χ3n) is 0.737. The molecule has 4 heteroatoms. The van der Waals surface area contributed by atoms with Gasteiger partial charge in [0.2, 0.25) is 0 Å². The van der Waals surface area contributed by atoms with Crippen molar-refractivity contribution < 1.29 is 9.31 Å². The fourth-order valence-electron chi connectivity index (χ4n) is 0.368. The van der Waals surface area contributed by atoms with Gasteiger partial charge in [0.05, 0.1) is 0 Å². The highest BCUT2D eigenvalue weighted by atomic mass is 16.6. The molecule has 39 valence electrons. The monoisotopic (exact) mass is 99.1 g/mol. The van der Waals surface area contributed by atoms with Crippen LogP contribution >= 0.6 is 0 Å². The van der Waals surface area contributed by atoms with Crippen molar-refractivity contribution in [3.63, 3.8) is 0 Å². The maximum atomic E-state index is 4.77. The molecule has 0 bridgehead atoms. The fraction of sp³-hybridized carbons (Fsp3) is 1.00. The minimum Gasteiger partial charge on any atom is -0.421 e. The summed E-state index contributed by atoms with van der Waals surface area (Å²) < 4.78 is 9.54. The van der Waals surface area contributed by atoms with Crippen LogP contribution in [0.5, 0.6) is 0 Å². The Labute approximate surface area is 45.6 Å². The van der Waals surface area contributed by atoms with Gasteiger partial charge in [-0.3, -0.25) is 0 Å². The van der Waals surface area contributed by atoms with Crippen LogP contribution in [-0.2, 0) is 9.31 Å². The van der Waals surface area contributed by atoms with Gasteiger partial charge in [-0.1, -0.05) is 6.82 Å². The fourth-order valence-corrected chi connectivity index (χ4v) is 0.368. The molecule has 0 saturated carbocycles. The van der Waals surface area contributed by atoms with Gasteiger partial charge in [-0.25, -0.2) is 0 Å². The molecule has 0 aliphatic rings. The molecule has 0 spiro atoms. The molecule has 0 rings (SSSR count). The van der Waals surface area contributed by atoms with E-state index >= 15 is 0 Å². The maximum Gasteiger partial charge on any atom is 0.396 e. The average Bonchev–Trinajstić information content (AvgIpc) is 1.72. The van der Waals surface area contributed by atoms with Gasteiger partial charge in [0.25, 0.3) is 0 Å². The topological polar surface area (TPSA) is 18.5 Å². The van der Waals surface area contributed by atoms with Gasteiger partial charge in [0, 0.05) is 14.2 Å². The highest BCUT2D eigenvalue weighted by molar-refractivity contribution is 7.05. The third kappa shape index (κ3) is 2.71. The molecule has 0 aromatic heterocycles. The molecule has 0 N–H and O–H groups in total. The zero-order valence-electron chi connectivity index (χ0n) is 4.97. The summed E-state index contributed by atoms with van der Waals surface area (Å²) in [6, 6.07) is 0. The molecule has 0 heterocycles. The van der Waals surface area contributed by atoms with Crippen LogP contribution in [0.1, 0.15) is 0 Å². The summed E-state index contributed by atoms with van der Waals surface area (Å²) in [5.41, 5.74) is 0. The Balaban J connectivity index is 2.99. The van der Waals surface area contributed by atoms with Gasteiger partial charge in [-0.15, -0.1) is 0 Å². The smallest absolute Gasteiger partial charge is 0.396 e. The highest BCUT2D eigenvalue weighted by Crippen LogP contribution is 1.78. The lowest BCUT2D eigenvalue weighted by molar-refractivity contribution is 0.298. The highest BCUT2D eigenvalue weighted by Gasteiger charge is 2.08. The van der Waals surface area contributed by atoms with Gasteiger partial charge >= 0.3 is 7.01 Å². The average molecular weight is 98.7 g/mol. The van der Waals surface area contributed by atoms with E-state index in [0.29, 0.717) is 0 Å². The minimum atomic E-state index is -0.139. The van der Waals surface area contributed by atoms with Crippen LogP contribution in [0, 0.1) is 0 Å². The second-order valence-electron chi connectivity index (χ2n) is 1.17. The van der Waals surface area contributed by atoms with E-state index in [1.54, 1.807) is 14.2 Å². The standard InChI is InChI=1S/C3H9B2O2/c1-4-5(6-2)7-3/h1-3H3. The Morgan fingerprint density at radius 2 is 1.71 bits per heavy atom. The molecule has 0 fully saturated rings. The summed E-state index contributed by atoms with van der Waals surface area (Å²) in [5, 5.41) is 0. The van der Waals surface area contributed by atoms with Crippen molar-refractivity contribution in [3.8, 4) is 0 Å². The zero-order valence-corrected chi connectivity index (χ0v) is 4.97.